The third-order valence-electron chi connectivity index (χ3n) is 3.70. The number of hydrogen-bond donors (Lipinski definition) is 1. The van der Waals surface area contributed by atoms with Gasteiger partial charge in [-0.1, -0.05) is 50.6 Å². The van der Waals surface area contributed by atoms with E-state index in [0.29, 0.717) is 11.6 Å². The fourth-order valence-corrected chi connectivity index (χ4v) is 2.73. The lowest BCUT2D eigenvalue weighted by atomic mass is 10.1. The quantitative estimate of drug-likeness (QED) is 0.383. The van der Waals surface area contributed by atoms with Crippen molar-refractivity contribution in [2.45, 2.75) is 78.7 Å². The van der Waals surface area contributed by atoms with Crippen molar-refractivity contribution in [3.05, 3.63) is 16.4 Å². The largest absolute Gasteiger partial charge is 0.273 e. The van der Waals surface area contributed by atoms with Crippen molar-refractivity contribution in [1.29, 1.82) is 0 Å². The van der Waals surface area contributed by atoms with Gasteiger partial charge in [0.1, 0.15) is 5.15 Å². The van der Waals surface area contributed by atoms with Crippen LogP contribution >= 0.6 is 11.6 Å². The first-order chi connectivity index (χ1) is 11.0. The fourth-order valence-electron chi connectivity index (χ4n) is 2.31. The average molecular weight is 341 g/mol. The second-order valence-electron chi connectivity index (χ2n) is 6.14. The molecule has 1 aromatic heterocycles. The van der Waals surface area contributed by atoms with Gasteiger partial charge in [0.05, 0.1) is 17.5 Å². The van der Waals surface area contributed by atoms with Gasteiger partial charge in [0.25, 0.3) is 0 Å². The molecule has 0 aliphatic rings. The predicted molar refractivity (Wildman–Crippen MR) is 96.1 cm³/mol. The lowest BCUT2D eigenvalue weighted by Crippen LogP contribution is -2.17. The molecule has 0 saturated carbocycles. The number of carbonyl (C=O) groups excluding carboxylic acids is 1. The molecule has 1 aromatic rings. The van der Waals surface area contributed by atoms with Crippen molar-refractivity contribution in [2.75, 3.05) is 0 Å². The molecule has 0 aliphatic carbocycles. The molecular formula is C17H29ClN4O. The van der Waals surface area contributed by atoms with Crippen molar-refractivity contribution in [3.63, 3.8) is 0 Å². The molecule has 130 valence electrons. The number of rotatable bonds is 10. The molecule has 0 spiro atoms. The lowest BCUT2D eigenvalue weighted by Gasteiger charge is -2.05. The van der Waals surface area contributed by atoms with Gasteiger partial charge >= 0.3 is 0 Å². The number of aromatic nitrogens is 2. The molecule has 1 rings (SSSR count). The Hall–Kier alpha value is -1.36. The van der Waals surface area contributed by atoms with Crippen molar-refractivity contribution >= 4 is 23.7 Å². The minimum absolute atomic E-state index is 0.0539. The third-order valence-corrected chi connectivity index (χ3v) is 4.08. The van der Waals surface area contributed by atoms with Crippen molar-refractivity contribution in [3.8, 4) is 0 Å². The van der Waals surface area contributed by atoms with E-state index in [2.05, 4.69) is 22.5 Å². The Kier molecular flexibility index (Phi) is 8.92. The van der Waals surface area contributed by atoms with Crippen LogP contribution in [-0.4, -0.2) is 21.9 Å². The number of hydrogen-bond acceptors (Lipinski definition) is 3. The second-order valence-corrected chi connectivity index (χ2v) is 6.50. The van der Waals surface area contributed by atoms with Crippen LogP contribution in [-0.2, 0) is 4.79 Å². The summed E-state index contributed by atoms with van der Waals surface area (Å²) in [6.07, 6.45) is 9.08. The topological polar surface area (TPSA) is 59.3 Å². The fraction of sp³-hybridized carbons (Fsp3) is 0.706. The van der Waals surface area contributed by atoms with E-state index >= 15 is 0 Å². The van der Waals surface area contributed by atoms with Gasteiger partial charge in [-0.05, 0) is 27.2 Å². The summed E-state index contributed by atoms with van der Waals surface area (Å²) in [7, 11) is 0. The van der Waals surface area contributed by atoms with E-state index in [1.807, 2.05) is 20.8 Å². The number of carbonyl (C=O) groups is 1. The zero-order chi connectivity index (χ0) is 17.2. The summed E-state index contributed by atoms with van der Waals surface area (Å²) < 4.78 is 1.75. The summed E-state index contributed by atoms with van der Waals surface area (Å²) in [5, 5.41) is 8.92. The smallest absolute Gasteiger partial charge is 0.240 e. The minimum atomic E-state index is -0.0539. The number of unbranched alkanes of at least 4 members (excludes halogenated alkanes) is 5. The van der Waals surface area contributed by atoms with Gasteiger partial charge in [0.2, 0.25) is 5.91 Å². The Morgan fingerprint density at radius 3 is 2.57 bits per heavy atom. The van der Waals surface area contributed by atoms with Crippen LogP contribution in [0.4, 0.5) is 0 Å². The summed E-state index contributed by atoms with van der Waals surface area (Å²) >= 11 is 6.28. The highest BCUT2D eigenvalue weighted by atomic mass is 35.5. The van der Waals surface area contributed by atoms with E-state index in [-0.39, 0.29) is 11.9 Å². The first kappa shape index (κ1) is 19.7. The average Bonchev–Trinajstić information content (AvgIpc) is 2.79. The Balaban J connectivity index is 2.37. The zero-order valence-electron chi connectivity index (χ0n) is 14.7. The van der Waals surface area contributed by atoms with Gasteiger partial charge in [-0.25, -0.2) is 5.43 Å². The molecule has 0 bridgehead atoms. The third kappa shape index (κ3) is 6.73. The maximum atomic E-state index is 11.7. The van der Waals surface area contributed by atoms with Crippen LogP contribution in [0.25, 0.3) is 0 Å². The SMILES string of the molecule is CCCCCCCCC(=O)N/N=C/c1c(C)nn(C(C)C)c1Cl. The molecule has 1 N–H and O–H groups in total. The van der Waals surface area contributed by atoms with Crippen molar-refractivity contribution in [1.82, 2.24) is 15.2 Å². The van der Waals surface area contributed by atoms with E-state index in [1.165, 1.54) is 25.7 Å². The molecule has 0 aliphatic heterocycles. The van der Waals surface area contributed by atoms with Crippen LogP contribution in [0.2, 0.25) is 5.15 Å². The van der Waals surface area contributed by atoms with E-state index in [1.54, 1.807) is 10.9 Å². The lowest BCUT2D eigenvalue weighted by molar-refractivity contribution is -0.121. The maximum Gasteiger partial charge on any atom is 0.240 e. The van der Waals surface area contributed by atoms with Crippen LogP contribution in [0.3, 0.4) is 0 Å². The van der Waals surface area contributed by atoms with Crippen LogP contribution < -0.4 is 5.43 Å². The van der Waals surface area contributed by atoms with Gasteiger partial charge in [0, 0.05) is 12.5 Å². The predicted octanol–water partition coefficient (Wildman–Crippen LogP) is 4.63. The van der Waals surface area contributed by atoms with Gasteiger partial charge in [-0.15, -0.1) is 0 Å². The highest BCUT2D eigenvalue weighted by Crippen LogP contribution is 2.21. The molecular weight excluding hydrogens is 312 g/mol. The number of nitrogens with one attached hydrogen (secondary N) is 1. The van der Waals surface area contributed by atoms with E-state index < -0.39 is 0 Å². The monoisotopic (exact) mass is 340 g/mol. The first-order valence-corrected chi connectivity index (χ1v) is 8.91. The molecule has 1 heterocycles. The number of halogens is 1. The molecule has 1 amide bonds. The molecule has 0 fully saturated rings. The normalized spacial score (nSPS) is 11.6. The number of aryl methyl sites for hydroxylation is 1. The Morgan fingerprint density at radius 1 is 1.30 bits per heavy atom. The molecule has 6 heteroatoms. The summed E-state index contributed by atoms with van der Waals surface area (Å²) in [6, 6.07) is 0.186. The summed E-state index contributed by atoms with van der Waals surface area (Å²) in [4.78, 5) is 11.7. The van der Waals surface area contributed by atoms with Gasteiger partial charge in [-0.2, -0.15) is 10.2 Å². The maximum absolute atomic E-state index is 11.7. The molecule has 23 heavy (non-hydrogen) atoms. The first-order valence-electron chi connectivity index (χ1n) is 8.53. The Labute approximate surface area is 144 Å². The van der Waals surface area contributed by atoms with E-state index in [9.17, 15) is 4.79 Å². The number of nitrogens with zero attached hydrogens (tertiary/aromatic N) is 3. The Bertz CT molecular complexity index is 523. The number of amides is 1. The van der Waals surface area contributed by atoms with Crippen molar-refractivity contribution in [2.24, 2.45) is 5.10 Å². The molecule has 5 nitrogen and oxygen atoms in total. The molecule has 0 radical (unpaired) electrons. The van der Waals surface area contributed by atoms with Crippen LogP contribution in [0.15, 0.2) is 5.10 Å². The summed E-state index contributed by atoms with van der Waals surface area (Å²) in [5.74, 6) is -0.0539. The summed E-state index contributed by atoms with van der Waals surface area (Å²) in [6.45, 7) is 8.11. The Morgan fingerprint density at radius 2 is 1.96 bits per heavy atom. The van der Waals surface area contributed by atoms with Gasteiger partial charge in [-0.3, -0.25) is 9.48 Å². The molecule has 0 aromatic carbocycles. The van der Waals surface area contributed by atoms with Crippen LogP contribution in [0, 0.1) is 6.92 Å². The standard InChI is InChI=1S/C17H29ClN4O/c1-5-6-7-8-9-10-11-16(23)20-19-12-15-14(4)21-22(13(2)3)17(15)18/h12-13H,5-11H2,1-4H3,(H,20,23)/b19-12+. The number of hydrazone groups is 1. The molecule has 0 unspecified atom stereocenters. The van der Waals surface area contributed by atoms with Gasteiger partial charge in [0.15, 0.2) is 0 Å². The highest BCUT2D eigenvalue weighted by Gasteiger charge is 2.13. The van der Waals surface area contributed by atoms with E-state index in [4.69, 9.17) is 11.6 Å². The molecule has 0 saturated heterocycles. The molecule has 0 atom stereocenters. The van der Waals surface area contributed by atoms with Gasteiger partial charge < -0.3 is 0 Å². The zero-order valence-corrected chi connectivity index (χ0v) is 15.5. The summed E-state index contributed by atoms with van der Waals surface area (Å²) in [5.41, 5.74) is 4.11. The highest BCUT2D eigenvalue weighted by molar-refractivity contribution is 6.32. The van der Waals surface area contributed by atoms with E-state index in [0.717, 1.165) is 24.1 Å². The van der Waals surface area contributed by atoms with Crippen LogP contribution in [0.5, 0.6) is 0 Å². The second kappa shape index (κ2) is 10.4. The minimum Gasteiger partial charge on any atom is -0.273 e. The van der Waals surface area contributed by atoms with Crippen LogP contribution in [0.1, 0.15) is 83.0 Å². The van der Waals surface area contributed by atoms with Crippen molar-refractivity contribution < 1.29 is 4.79 Å².